The molecule has 1 amide bonds. The van der Waals surface area contributed by atoms with Gasteiger partial charge in [0.25, 0.3) is 5.91 Å². The van der Waals surface area contributed by atoms with Gasteiger partial charge in [0.15, 0.2) is 0 Å². The molecule has 0 aromatic carbocycles. The first-order chi connectivity index (χ1) is 8.08. The molecule has 0 radical (unpaired) electrons. The average Bonchev–Trinajstić information content (AvgIpc) is 2.35. The van der Waals surface area contributed by atoms with Gasteiger partial charge in [0, 0.05) is 13.1 Å². The molecule has 1 aromatic heterocycles. The van der Waals surface area contributed by atoms with Gasteiger partial charge < -0.3 is 10.6 Å². The Labute approximate surface area is 101 Å². The lowest BCUT2D eigenvalue weighted by atomic mass is 10.1. The highest BCUT2D eigenvalue weighted by atomic mass is 19.1. The SMILES string of the molecule is CCN(CC(C)CN)C(=O)c1ccc(F)cn1. The van der Waals surface area contributed by atoms with Gasteiger partial charge in [-0.25, -0.2) is 9.37 Å². The highest BCUT2D eigenvalue weighted by Gasteiger charge is 2.17. The molecule has 1 atom stereocenters. The normalized spacial score (nSPS) is 12.2. The Morgan fingerprint density at radius 1 is 1.59 bits per heavy atom. The number of hydrogen-bond acceptors (Lipinski definition) is 3. The molecule has 0 aliphatic heterocycles. The van der Waals surface area contributed by atoms with Crippen LogP contribution >= 0.6 is 0 Å². The third-order valence-electron chi connectivity index (χ3n) is 2.55. The van der Waals surface area contributed by atoms with Crippen LogP contribution in [0.5, 0.6) is 0 Å². The summed E-state index contributed by atoms with van der Waals surface area (Å²) in [5.41, 5.74) is 5.79. The fourth-order valence-electron chi connectivity index (χ4n) is 1.47. The number of carbonyl (C=O) groups excluding carboxylic acids is 1. The molecule has 1 aromatic rings. The predicted octanol–water partition coefficient (Wildman–Crippen LogP) is 1.28. The predicted molar refractivity (Wildman–Crippen MR) is 64.0 cm³/mol. The summed E-state index contributed by atoms with van der Waals surface area (Å²) in [6.45, 7) is 5.58. The van der Waals surface area contributed by atoms with Gasteiger partial charge in [-0.1, -0.05) is 6.92 Å². The minimum atomic E-state index is -0.445. The van der Waals surface area contributed by atoms with Crippen LogP contribution in [0.15, 0.2) is 18.3 Å². The van der Waals surface area contributed by atoms with Crippen LogP contribution in [-0.4, -0.2) is 35.4 Å². The maximum absolute atomic E-state index is 12.7. The summed E-state index contributed by atoms with van der Waals surface area (Å²) < 4.78 is 12.7. The zero-order chi connectivity index (χ0) is 12.8. The summed E-state index contributed by atoms with van der Waals surface area (Å²) in [6, 6.07) is 2.63. The third-order valence-corrected chi connectivity index (χ3v) is 2.55. The molecule has 0 saturated carbocycles. The Kier molecular flexibility index (Phi) is 5.03. The first kappa shape index (κ1) is 13.6. The summed E-state index contributed by atoms with van der Waals surface area (Å²) in [7, 11) is 0. The standard InChI is InChI=1S/C12H18FN3O/c1-3-16(8-9(2)6-14)12(17)11-5-4-10(13)7-15-11/h4-5,7,9H,3,6,8,14H2,1-2H3. The molecule has 1 unspecified atom stereocenters. The number of nitrogens with two attached hydrogens (primary N) is 1. The van der Waals surface area contributed by atoms with Crippen molar-refractivity contribution in [3.63, 3.8) is 0 Å². The maximum Gasteiger partial charge on any atom is 0.272 e. The molecule has 0 bridgehead atoms. The van der Waals surface area contributed by atoms with Crippen LogP contribution < -0.4 is 5.73 Å². The molecule has 1 rings (SSSR count). The van der Waals surface area contributed by atoms with Gasteiger partial charge in [0.1, 0.15) is 11.5 Å². The van der Waals surface area contributed by atoms with Crippen LogP contribution in [0.3, 0.4) is 0 Å². The molecule has 4 nitrogen and oxygen atoms in total. The van der Waals surface area contributed by atoms with Crippen molar-refractivity contribution in [1.82, 2.24) is 9.88 Å². The quantitative estimate of drug-likeness (QED) is 0.842. The number of hydrogen-bond donors (Lipinski definition) is 1. The molecule has 5 heteroatoms. The highest BCUT2D eigenvalue weighted by Crippen LogP contribution is 2.06. The summed E-state index contributed by atoms with van der Waals surface area (Å²) in [6.07, 6.45) is 1.05. The molecule has 0 fully saturated rings. The van der Waals surface area contributed by atoms with E-state index in [2.05, 4.69) is 4.98 Å². The molecule has 1 heterocycles. The summed E-state index contributed by atoms with van der Waals surface area (Å²) in [5, 5.41) is 0. The van der Waals surface area contributed by atoms with Gasteiger partial charge in [0.05, 0.1) is 6.20 Å². The van der Waals surface area contributed by atoms with Gasteiger partial charge in [-0.05, 0) is 31.5 Å². The minimum absolute atomic E-state index is 0.187. The van der Waals surface area contributed by atoms with E-state index in [1.807, 2.05) is 13.8 Å². The average molecular weight is 239 g/mol. The molecule has 0 aliphatic rings. The largest absolute Gasteiger partial charge is 0.337 e. The Balaban J connectivity index is 2.75. The van der Waals surface area contributed by atoms with Crippen molar-refractivity contribution in [3.05, 3.63) is 29.8 Å². The second-order valence-corrected chi connectivity index (χ2v) is 4.05. The number of aromatic nitrogens is 1. The maximum atomic E-state index is 12.7. The fraction of sp³-hybridized carbons (Fsp3) is 0.500. The van der Waals surface area contributed by atoms with Crippen molar-refractivity contribution < 1.29 is 9.18 Å². The first-order valence-corrected chi connectivity index (χ1v) is 5.69. The highest BCUT2D eigenvalue weighted by molar-refractivity contribution is 5.92. The van der Waals surface area contributed by atoms with Crippen molar-refractivity contribution in [1.29, 1.82) is 0 Å². The third kappa shape index (κ3) is 3.78. The van der Waals surface area contributed by atoms with E-state index < -0.39 is 5.82 Å². The van der Waals surface area contributed by atoms with E-state index in [4.69, 9.17) is 5.73 Å². The molecule has 17 heavy (non-hydrogen) atoms. The molecule has 2 N–H and O–H groups in total. The zero-order valence-electron chi connectivity index (χ0n) is 10.2. The van der Waals surface area contributed by atoms with Crippen LogP contribution in [0.25, 0.3) is 0 Å². The van der Waals surface area contributed by atoms with E-state index in [1.165, 1.54) is 12.1 Å². The van der Waals surface area contributed by atoms with E-state index in [9.17, 15) is 9.18 Å². The van der Waals surface area contributed by atoms with Crippen LogP contribution in [0.2, 0.25) is 0 Å². The van der Waals surface area contributed by atoms with E-state index in [0.717, 1.165) is 6.20 Å². The molecular weight excluding hydrogens is 221 g/mol. The Hall–Kier alpha value is -1.49. The number of pyridine rings is 1. The smallest absolute Gasteiger partial charge is 0.272 e. The van der Waals surface area contributed by atoms with Crippen LogP contribution in [0.4, 0.5) is 4.39 Å². The summed E-state index contributed by atoms with van der Waals surface area (Å²) in [4.78, 5) is 17.5. The van der Waals surface area contributed by atoms with Gasteiger partial charge in [0.2, 0.25) is 0 Å². The number of rotatable bonds is 5. The second kappa shape index (κ2) is 6.30. The van der Waals surface area contributed by atoms with Gasteiger partial charge in [-0.2, -0.15) is 0 Å². The van der Waals surface area contributed by atoms with Gasteiger partial charge in [-0.15, -0.1) is 0 Å². The zero-order valence-corrected chi connectivity index (χ0v) is 10.2. The number of carbonyl (C=O) groups is 1. The van der Waals surface area contributed by atoms with E-state index >= 15 is 0 Å². The lowest BCUT2D eigenvalue weighted by Gasteiger charge is -2.23. The summed E-state index contributed by atoms with van der Waals surface area (Å²) in [5.74, 6) is -0.396. The lowest BCUT2D eigenvalue weighted by Crippen LogP contribution is -2.37. The topological polar surface area (TPSA) is 59.2 Å². The van der Waals surface area contributed by atoms with Crippen molar-refractivity contribution in [2.45, 2.75) is 13.8 Å². The van der Waals surface area contributed by atoms with Crippen molar-refractivity contribution in [2.75, 3.05) is 19.6 Å². The van der Waals surface area contributed by atoms with E-state index in [-0.39, 0.29) is 17.5 Å². The van der Waals surface area contributed by atoms with Crippen molar-refractivity contribution in [3.8, 4) is 0 Å². The fourth-order valence-corrected chi connectivity index (χ4v) is 1.47. The Bertz CT molecular complexity index is 367. The summed E-state index contributed by atoms with van der Waals surface area (Å²) >= 11 is 0. The lowest BCUT2D eigenvalue weighted by molar-refractivity contribution is 0.0738. The van der Waals surface area contributed by atoms with Crippen LogP contribution in [-0.2, 0) is 0 Å². The Morgan fingerprint density at radius 3 is 2.76 bits per heavy atom. The number of nitrogens with zero attached hydrogens (tertiary/aromatic N) is 2. The van der Waals surface area contributed by atoms with Crippen LogP contribution in [0.1, 0.15) is 24.3 Å². The van der Waals surface area contributed by atoms with Crippen molar-refractivity contribution in [2.24, 2.45) is 11.7 Å². The molecule has 0 saturated heterocycles. The molecule has 0 spiro atoms. The van der Waals surface area contributed by atoms with Gasteiger partial charge in [-0.3, -0.25) is 4.79 Å². The molecule has 0 aliphatic carbocycles. The molecular formula is C12H18FN3O. The van der Waals surface area contributed by atoms with Gasteiger partial charge >= 0.3 is 0 Å². The van der Waals surface area contributed by atoms with E-state index in [0.29, 0.717) is 19.6 Å². The van der Waals surface area contributed by atoms with E-state index in [1.54, 1.807) is 4.90 Å². The number of amides is 1. The monoisotopic (exact) mass is 239 g/mol. The van der Waals surface area contributed by atoms with Crippen molar-refractivity contribution >= 4 is 5.91 Å². The number of halogens is 1. The second-order valence-electron chi connectivity index (χ2n) is 4.05. The Morgan fingerprint density at radius 2 is 2.29 bits per heavy atom. The minimum Gasteiger partial charge on any atom is -0.337 e. The first-order valence-electron chi connectivity index (χ1n) is 5.69. The van der Waals surface area contributed by atoms with Crippen LogP contribution in [0, 0.1) is 11.7 Å². The molecule has 94 valence electrons.